The van der Waals surface area contributed by atoms with E-state index in [0.29, 0.717) is 6.23 Å². The van der Waals surface area contributed by atoms with Gasteiger partial charge in [-0.05, 0) is 12.8 Å². The molecule has 0 amide bonds. The van der Waals surface area contributed by atoms with Crippen LogP contribution in [0.5, 0.6) is 0 Å². The Hall–Kier alpha value is -0.0800. The molecule has 1 saturated heterocycles. The molecule has 1 aliphatic carbocycles. The minimum Gasteiger partial charge on any atom is -0.347 e. The second kappa shape index (κ2) is 3.55. The van der Waals surface area contributed by atoms with Crippen molar-refractivity contribution < 1.29 is 4.74 Å². The molecule has 0 aromatic heterocycles. The van der Waals surface area contributed by atoms with Crippen LogP contribution in [0.15, 0.2) is 0 Å². The normalized spacial score (nSPS) is 34.4. The molecule has 1 atom stereocenters. The molecule has 2 nitrogen and oxygen atoms in total. The smallest absolute Gasteiger partial charge is 0.117 e. The molecule has 0 bridgehead atoms. The van der Waals surface area contributed by atoms with Crippen molar-refractivity contribution in [1.29, 1.82) is 0 Å². The third-order valence-corrected chi connectivity index (χ3v) is 2.64. The maximum Gasteiger partial charge on any atom is 0.117 e. The van der Waals surface area contributed by atoms with Gasteiger partial charge >= 0.3 is 0 Å². The fourth-order valence-corrected chi connectivity index (χ4v) is 1.87. The van der Waals surface area contributed by atoms with Gasteiger partial charge in [0.25, 0.3) is 0 Å². The zero-order chi connectivity index (χ0) is 7.52. The molecule has 1 N–H and O–H groups in total. The van der Waals surface area contributed by atoms with Crippen LogP contribution in [0.3, 0.4) is 0 Å². The predicted molar refractivity (Wildman–Crippen MR) is 43.8 cm³/mol. The van der Waals surface area contributed by atoms with Crippen LogP contribution in [0.1, 0.15) is 38.5 Å². The Bertz CT molecular complexity index is 115. The van der Waals surface area contributed by atoms with Crippen LogP contribution in [0, 0.1) is 5.92 Å². The third-order valence-electron chi connectivity index (χ3n) is 2.64. The molecule has 1 saturated carbocycles. The molecule has 11 heavy (non-hydrogen) atoms. The summed E-state index contributed by atoms with van der Waals surface area (Å²) in [6.07, 6.45) is 8.48. The van der Waals surface area contributed by atoms with E-state index >= 15 is 0 Å². The Kier molecular flexibility index (Phi) is 2.44. The summed E-state index contributed by atoms with van der Waals surface area (Å²) in [6, 6.07) is 0. The van der Waals surface area contributed by atoms with E-state index in [1.165, 1.54) is 38.5 Å². The van der Waals surface area contributed by atoms with E-state index in [0.717, 1.165) is 6.73 Å². The highest BCUT2D eigenvalue weighted by molar-refractivity contribution is 4.99. The maximum absolute atomic E-state index is 5.38. The molecule has 1 unspecified atom stereocenters. The highest BCUT2D eigenvalue weighted by Crippen LogP contribution is 2.29. The summed E-state index contributed by atoms with van der Waals surface area (Å²) in [4.78, 5) is 0. The van der Waals surface area contributed by atoms with Crippen molar-refractivity contribution in [3.8, 4) is 0 Å². The number of hydrogen-bond acceptors (Lipinski definition) is 2. The van der Waals surface area contributed by atoms with Gasteiger partial charge in [-0.2, -0.15) is 0 Å². The standard InChI is InChI=1S/C9H16NO/c1-2-4-6-8(5-3-1)9-10-7-11-9/h9-10H,1-7H2. The molecule has 63 valence electrons. The monoisotopic (exact) mass is 154 g/mol. The van der Waals surface area contributed by atoms with E-state index in [1.54, 1.807) is 5.92 Å². The minimum atomic E-state index is 0.327. The molecule has 0 aromatic carbocycles. The maximum atomic E-state index is 5.38. The summed E-state index contributed by atoms with van der Waals surface area (Å²) >= 11 is 0. The lowest BCUT2D eigenvalue weighted by atomic mass is 9.98. The average Bonchev–Trinajstić information content (AvgIpc) is 2.12. The Morgan fingerprint density at radius 3 is 2.18 bits per heavy atom. The minimum absolute atomic E-state index is 0.327. The van der Waals surface area contributed by atoms with Gasteiger partial charge in [0.2, 0.25) is 0 Å². The van der Waals surface area contributed by atoms with Gasteiger partial charge in [-0.3, -0.25) is 5.32 Å². The Labute approximate surface area is 68.3 Å². The number of nitrogens with one attached hydrogen (secondary N) is 1. The van der Waals surface area contributed by atoms with Crippen molar-refractivity contribution in [3.05, 3.63) is 5.92 Å². The zero-order valence-corrected chi connectivity index (χ0v) is 6.94. The zero-order valence-electron chi connectivity index (χ0n) is 6.94. The first-order valence-corrected chi connectivity index (χ1v) is 4.66. The molecule has 2 fully saturated rings. The SMILES string of the molecule is C1CCC[C](C2NCO2)CC1. The van der Waals surface area contributed by atoms with E-state index < -0.39 is 0 Å². The van der Waals surface area contributed by atoms with Crippen molar-refractivity contribution in [2.45, 2.75) is 44.8 Å². The average molecular weight is 154 g/mol. The summed E-state index contributed by atoms with van der Waals surface area (Å²) in [5, 5.41) is 3.28. The first kappa shape index (κ1) is 7.56. The molecule has 2 aliphatic rings. The number of rotatable bonds is 1. The summed E-state index contributed by atoms with van der Waals surface area (Å²) < 4.78 is 5.38. The summed E-state index contributed by atoms with van der Waals surface area (Å²) in [5.41, 5.74) is 0. The van der Waals surface area contributed by atoms with Crippen LogP contribution >= 0.6 is 0 Å². The Morgan fingerprint density at radius 1 is 1.09 bits per heavy atom. The summed E-state index contributed by atoms with van der Waals surface area (Å²) in [6.45, 7) is 0.758. The van der Waals surface area contributed by atoms with Crippen molar-refractivity contribution in [1.82, 2.24) is 5.32 Å². The molecular weight excluding hydrogens is 138 g/mol. The molecule has 1 radical (unpaired) electrons. The van der Waals surface area contributed by atoms with Crippen LogP contribution in [0.2, 0.25) is 0 Å². The van der Waals surface area contributed by atoms with Crippen LogP contribution in [0.4, 0.5) is 0 Å². The van der Waals surface area contributed by atoms with Crippen LogP contribution in [0.25, 0.3) is 0 Å². The van der Waals surface area contributed by atoms with Gasteiger partial charge in [-0.15, -0.1) is 0 Å². The van der Waals surface area contributed by atoms with E-state index in [4.69, 9.17) is 4.74 Å². The van der Waals surface area contributed by atoms with Crippen molar-refractivity contribution in [2.24, 2.45) is 0 Å². The fourth-order valence-electron chi connectivity index (χ4n) is 1.87. The molecular formula is C9H16NO. The van der Waals surface area contributed by atoms with Crippen molar-refractivity contribution in [3.63, 3.8) is 0 Å². The molecule has 2 rings (SSSR count). The second-order valence-electron chi connectivity index (χ2n) is 3.47. The summed E-state index contributed by atoms with van der Waals surface area (Å²) in [5.74, 6) is 1.61. The number of ether oxygens (including phenoxy) is 1. The topological polar surface area (TPSA) is 21.3 Å². The third kappa shape index (κ3) is 1.74. The summed E-state index contributed by atoms with van der Waals surface area (Å²) in [7, 11) is 0. The highest BCUT2D eigenvalue weighted by Gasteiger charge is 2.28. The van der Waals surface area contributed by atoms with Gasteiger partial charge in [-0.25, -0.2) is 0 Å². The van der Waals surface area contributed by atoms with Gasteiger partial charge in [-0.1, -0.05) is 25.7 Å². The number of hydrogen-bond donors (Lipinski definition) is 1. The lowest BCUT2D eigenvalue weighted by Crippen LogP contribution is -2.49. The largest absolute Gasteiger partial charge is 0.347 e. The molecule has 1 heterocycles. The van der Waals surface area contributed by atoms with E-state index in [9.17, 15) is 0 Å². The van der Waals surface area contributed by atoms with Gasteiger partial charge in [0, 0.05) is 5.92 Å². The van der Waals surface area contributed by atoms with Crippen molar-refractivity contribution in [2.75, 3.05) is 6.73 Å². The van der Waals surface area contributed by atoms with E-state index in [-0.39, 0.29) is 0 Å². The Morgan fingerprint density at radius 2 is 1.73 bits per heavy atom. The lowest BCUT2D eigenvalue weighted by Gasteiger charge is -2.34. The molecule has 2 heteroatoms. The van der Waals surface area contributed by atoms with Gasteiger partial charge < -0.3 is 4.74 Å². The van der Waals surface area contributed by atoms with E-state index in [2.05, 4.69) is 5.32 Å². The first-order valence-electron chi connectivity index (χ1n) is 4.66. The Balaban J connectivity index is 1.80. The quantitative estimate of drug-likeness (QED) is 0.582. The molecule has 1 aliphatic heterocycles. The highest BCUT2D eigenvalue weighted by atomic mass is 16.6. The predicted octanol–water partition coefficient (Wildman–Crippen LogP) is 1.82. The van der Waals surface area contributed by atoms with E-state index in [1.807, 2.05) is 0 Å². The fraction of sp³-hybridized carbons (Fsp3) is 0.889. The van der Waals surface area contributed by atoms with Gasteiger partial charge in [0.1, 0.15) is 13.0 Å². The van der Waals surface area contributed by atoms with Crippen molar-refractivity contribution >= 4 is 0 Å². The molecule has 0 spiro atoms. The van der Waals surface area contributed by atoms with Crippen LogP contribution < -0.4 is 5.32 Å². The lowest BCUT2D eigenvalue weighted by molar-refractivity contribution is -0.0822. The van der Waals surface area contributed by atoms with Gasteiger partial charge in [0.05, 0.1) is 0 Å². The second-order valence-corrected chi connectivity index (χ2v) is 3.47. The van der Waals surface area contributed by atoms with Gasteiger partial charge in [0.15, 0.2) is 0 Å². The molecule has 0 aromatic rings. The van der Waals surface area contributed by atoms with Crippen LogP contribution in [-0.4, -0.2) is 13.0 Å². The van der Waals surface area contributed by atoms with Crippen LogP contribution in [-0.2, 0) is 4.74 Å². The first-order chi connectivity index (χ1) is 5.47.